The number of ether oxygens (including phenoxy) is 1. The van der Waals surface area contributed by atoms with Crippen LogP contribution in [-0.2, 0) is 4.74 Å². The van der Waals surface area contributed by atoms with E-state index in [1.807, 2.05) is 20.8 Å². The van der Waals surface area contributed by atoms with E-state index in [1.54, 1.807) is 18.1 Å². The first kappa shape index (κ1) is 14.9. The number of hydrogen-bond donors (Lipinski definition) is 0. The standard InChI is InChI=1S/C13H19ClN2O2/c1-5-16(10(3)8-18-4)13(17)11-7-15-9(2)6-12(11)14/h6-7,10H,5,8H2,1-4H3. The molecule has 0 N–H and O–H groups in total. The topological polar surface area (TPSA) is 42.4 Å². The molecule has 1 aromatic heterocycles. The lowest BCUT2D eigenvalue weighted by molar-refractivity contribution is 0.0579. The van der Waals surface area contributed by atoms with Crippen LogP contribution < -0.4 is 0 Å². The number of rotatable bonds is 5. The molecule has 0 aliphatic heterocycles. The zero-order valence-electron chi connectivity index (χ0n) is 11.2. The third-order valence-corrected chi connectivity index (χ3v) is 3.07. The Morgan fingerprint density at radius 2 is 2.28 bits per heavy atom. The van der Waals surface area contributed by atoms with Crippen molar-refractivity contribution in [1.82, 2.24) is 9.88 Å². The second-order valence-corrected chi connectivity index (χ2v) is 4.61. The summed E-state index contributed by atoms with van der Waals surface area (Å²) in [5, 5.41) is 0.440. The molecule has 0 aliphatic rings. The summed E-state index contributed by atoms with van der Waals surface area (Å²) in [6.07, 6.45) is 1.53. The fourth-order valence-corrected chi connectivity index (χ4v) is 2.11. The Bertz CT molecular complexity index is 423. The van der Waals surface area contributed by atoms with Gasteiger partial charge in [-0.3, -0.25) is 9.78 Å². The summed E-state index contributed by atoms with van der Waals surface area (Å²) in [7, 11) is 1.62. The zero-order chi connectivity index (χ0) is 13.7. The SMILES string of the molecule is CCN(C(=O)c1cnc(C)cc1Cl)C(C)COC. The van der Waals surface area contributed by atoms with Crippen molar-refractivity contribution < 1.29 is 9.53 Å². The summed E-state index contributed by atoms with van der Waals surface area (Å²) in [5.74, 6) is -0.112. The van der Waals surface area contributed by atoms with Crippen LogP contribution in [-0.4, -0.2) is 42.1 Å². The van der Waals surface area contributed by atoms with Crippen molar-refractivity contribution in [3.05, 3.63) is 28.5 Å². The summed E-state index contributed by atoms with van der Waals surface area (Å²) < 4.78 is 5.08. The first-order valence-corrected chi connectivity index (χ1v) is 6.31. The molecule has 0 saturated heterocycles. The lowest BCUT2D eigenvalue weighted by Crippen LogP contribution is -2.41. The molecule has 0 radical (unpaired) electrons. The number of methoxy groups -OCH3 is 1. The van der Waals surface area contributed by atoms with Crippen LogP contribution in [0.1, 0.15) is 29.9 Å². The van der Waals surface area contributed by atoms with Crippen molar-refractivity contribution in [1.29, 1.82) is 0 Å². The molecule has 4 nitrogen and oxygen atoms in total. The Hall–Kier alpha value is -1.13. The highest BCUT2D eigenvalue weighted by Gasteiger charge is 2.22. The molecule has 1 rings (SSSR count). The lowest BCUT2D eigenvalue weighted by Gasteiger charge is -2.27. The molecule has 0 spiro atoms. The molecule has 0 aliphatic carbocycles. The van der Waals surface area contributed by atoms with Gasteiger partial charge in [0.2, 0.25) is 0 Å². The van der Waals surface area contributed by atoms with E-state index in [4.69, 9.17) is 16.3 Å². The maximum absolute atomic E-state index is 12.4. The van der Waals surface area contributed by atoms with Crippen LogP contribution >= 0.6 is 11.6 Å². The first-order valence-electron chi connectivity index (χ1n) is 5.93. The van der Waals surface area contributed by atoms with Gasteiger partial charge in [0.1, 0.15) is 0 Å². The van der Waals surface area contributed by atoms with Gasteiger partial charge in [0.15, 0.2) is 0 Å². The number of pyridine rings is 1. The van der Waals surface area contributed by atoms with Crippen LogP contribution in [0.4, 0.5) is 0 Å². The van der Waals surface area contributed by atoms with E-state index in [0.717, 1.165) is 5.69 Å². The molecule has 1 unspecified atom stereocenters. The Morgan fingerprint density at radius 1 is 1.61 bits per heavy atom. The zero-order valence-corrected chi connectivity index (χ0v) is 12.0. The summed E-state index contributed by atoms with van der Waals surface area (Å²) in [6.45, 7) is 6.81. The minimum absolute atomic E-state index is 0.00451. The Kier molecular flexibility index (Phi) is 5.56. The van der Waals surface area contributed by atoms with Gasteiger partial charge in [0, 0.05) is 25.5 Å². The van der Waals surface area contributed by atoms with Crippen LogP contribution in [0, 0.1) is 6.92 Å². The smallest absolute Gasteiger partial charge is 0.257 e. The third-order valence-electron chi connectivity index (χ3n) is 2.76. The highest BCUT2D eigenvalue weighted by molar-refractivity contribution is 6.33. The fraction of sp³-hybridized carbons (Fsp3) is 0.538. The van der Waals surface area contributed by atoms with Gasteiger partial charge in [-0.05, 0) is 26.8 Å². The Labute approximate surface area is 113 Å². The average molecular weight is 271 g/mol. The molecular weight excluding hydrogens is 252 g/mol. The summed E-state index contributed by atoms with van der Waals surface area (Å²) in [5.41, 5.74) is 1.23. The van der Waals surface area contributed by atoms with Gasteiger partial charge in [0.25, 0.3) is 5.91 Å². The number of aromatic nitrogens is 1. The molecule has 0 bridgehead atoms. The van der Waals surface area contributed by atoms with E-state index >= 15 is 0 Å². The van der Waals surface area contributed by atoms with E-state index in [9.17, 15) is 4.79 Å². The number of halogens is 1. The molecule has 1 atom stereocenters. The molecule has 100 valence electrons. The third kappa shape index (κ3) is 3.43. The van der Waals surface area contributed by atoms with Crippen molar-refractivity contribution >= 4 is 17.5 Å². The van der Waals surface area contributed by atoms with Crippen LogP contribution in [0.3, 0.4) is 0 Å². The van der Waals surface area contributed by atoms with E-state index in [0.29, 0.717) is 23.7 Å². The molecular formula is C13H19ClN2O2. The summed E-state index contributed by atoms with van der Waals surface area (Å²) >= 11 is 6.09. The minimum atomic E-state index is -0.112. The van der Waals surface area contributed by atoms with E-state index in [1.165, 1.54) is 6.20 Å². The number of nitrogens with zero attached hydrogens (tertiary/aromatic N) is 2. The van der Waals surface area contributed by atoms with Crippen LogP contribution in [0.5, 0.6) is 0 Å². The number of aryl methyl sites for hydroxylation is 1. The quantitative estimate of drug-likeness (QED) is 0.826. The predicted octanol–water partition coefficient (Wildman–Crippen LogP) is 2.54. The van der Waals surface area contributed by atoms with Gasteiger partial charge in [-0.1, -0.05) is 11.6 Å². The molecule has 1 aromatic rings. The highest BCUT2D eigenvalue weighted by atomic mass is 35.5. The van der Waals surface area contributed by atoms with Crippen LogP contribution in [0.25, 0.3) is 0 Å². The van der Waals surface area contributed by atoms with Gasteiger partial charge < -0.3 is 9.64 Å². The molecule has 1 heterocycles. The van der Waals surface area contributed by atoms with Crippen LogP contribution in [0.15, 0.2) is 12.3 Å². The van der Waals surface area contributed by atoms with Crippen molar-refractivity contribution in [2.75, 3.05) is 20.3 Å². The van der Waals surface area contributed by atoms with Gasteiger partial charge in [-0.2, -0.15) is 0 Å². The second kappa shape index (κ2) is 6.71. The second-order valence-electron chi connectivity index (χ2n) is 4.20. The number of carbonyl (C=O) groups excluding carboxylic acids is 1. The van der Waals surface area contributed by atoms with Gasteiger partial charge in [0.05, 0.1) is 23.2 Å². The van der Waals surface area contributed by atoms with Crippen molar-refractivity contribution in [3.8, 4) is 0 Å². The monoisotopic (exact) mass is 270 g/mol. The minimum Gasteiger partial charge on any atom is -0.383 e. The maximum atomic E-state index is 12.4. The van der Waals surface area contributed by atoms with E-state index in [-0.39, 0.29) is 11.9 Å². The first-order chi connectivity index (χ1) is 8.51. The molecule has 0 fully saturated rings. The highest BCUT2D eigenvalue weighted by Crippen LogP contribution is 2.18. The van der Waals surface area contributed by atoms with Gasteiger partial charge in [-0.25, -0.2) is 0 Å². The summed E-state index contributed by atoms with van der Waals surface area (Å²) in [6, 6.07) is 1.70. The Balaban J connectivity index is 2.96. The number of likely N-dealkylation sites (N-methyl/N-ethyl adjacent to an activating group) is 1. The number of carbonyl (C=O) groups is 1. The van der Waals surface area contributed by atoms with Crippen LogP contribution in [0.2, 0.25) is 5.02 Å². The molecule has 5 heteroatoms. The van der Waals surface area contributed by atoms with E-state index < -0.39 is 0 Å². The van der Waals surface area contributed by atoms with Crippen molar-refractivity contribution in [2.24, 2.45) is 0 Å². The van der Waals surface area contributed by atoms with Crippen molar-refractivity contribution in [3.63, 3.8) is 0 Å². The van der Waals surface area contributed by atoms with E-state index in [2.05, 4.69) is 4.98 Å². The normalized spacial score (nSPS) is 12.3. The lowest BCUT2D eigenvalue weighted by atomic mass is 10.2. The number of hydrogen-bond acceptors (Lipinski definition) is 3. The van der Waals surface area contributed by atoms with Gasteiger partial charge in [-0.15, -0.1) is 0 Å². The number of amides is 1. The molecule has 0 aromatic carbocycles. The fourth-order valence-electron chi connectivity index (χ4n) is 1.83. The maximum Gasteiger partial charge on any atom is 0.257 e. The molecule has 1 amide bonds. The Morgan fingerprint density at radius 3 is 2.78 bits per heavy atom. The molecule has 0 saturated carbocycles. The van der Waals surface area contributed by atoms with Gasteiger partial charge >= 0.3 is 0 Å². The largest absolute Gasteiger partial charge is 0.383 e. The predicted molar refractivity (Wildman–Crippen MR) is 72.0 cm³/mol. The van der Waals surface area contributed by atoms with Crippen molar-refractivity contribution in [2.45, 2.75) is 26.8 Å². The summed E-state index contributed by atoms with van der Waals surface area (Å²) in [4.78, 5) is 18.2. The molecule has 18 heavy (non-hydrogen) atoms. The average Bonchev–Trinajstić information content (AvgIpc) is 2.29.